The van der Waals surface area contributed by atoms with Crippen molar-refractivity contribution >= 4 is 11.5 Å². The second kappa shape index (κ2) is 5.42. The Bertz CT molecular complexity index is 975. The fourth-order valence-electron chi connectivity index (χ4n) is 3.07. The Morgan fingerprint density at radius 1 is 1.17 bits per heavy atom. The van der Waals surface area contributed by atoms with Gasteiger partial charge in [0.05, 0.1) is 4.92 Å². The van der Waals surface area contributed by atoms with Crippen molar-refractivity contribution in [3.8, 4) is 11.1 Å². The van der Waals surface area contributed by atoms with E-state index in [0.29, 0.717) is 5.56 Å². The number of Topliss-reactive ketones (excluding diaryl/α,β-unsaturated/α-hetero) is 1. The van der Waals surface area contributed by atoms with Crippen LogP contribution in [0.25, 0.3) is 11.1 Å². The van der Waals surface area contributed by atoms with E-state index in [0.717, 1.165) is 23.7 Å². The molecule has 1 heterocycles. The van der Waals surface area contributed by atoms with Crippen LogP contribution in [0, 0.1) is 10.1 Å². The maximum atomic E-state index is 12.5. The third-order valence-corrected chi connectivity index (χ3v) is 4.26. The van der Waals surface area contributed by atoms with Gasteiger partial charge in [-0.25, -0.2) is 0 Å². The fourth-order valence-corrected chi connectivity index (χ4v) is 3.07. The summed E-state index contributed by atoms with van der Waals surface area (Å²) in [6.45, 7) is -0.0196. The van der Waals surface area contributed by atoms with Crippen LogP contribution in [-0.2, 0) is 13.0 Å². The smallest absolute Gasteiger partial charge is 0.292 e. The van der Waals surface area contributed by atoms with E-state index < -0.39 is 4.92 Å². The topological polar surface area (TPSA) is 78.0 Å². The summed E-state index contributed by atoms with van der Waals surface area (Å²) in [5.74, 6) is -0.125. The summed E-state index contributed by atoms with van der Waals surface area (Å²) in [5, 5.41) is 14.5. The first-order valence-corrected chi connectivity index (χ1v) is 7.53. The number of fused-ring (bicyclic) bond motifs is 3. The minimum atomic E-state index is -0.527. The van der Waals surface area contributed by atoms with Crippen LogP contribution in [0.1, 0.15) is 21.5 Å². The summed E-state index contributed by atoms with van der Waals surface area (Å²) < 4.78 is 1.29. The highest BCUT2D eigenvalue weighted by Crippen LogP contribution is 2.36. The lowest BCUT2D eigenvalue weighted by atomic mass is 10.0. The molecule has 1 aliphatic carbocycles. The highest BCUT2D eigenvalue weighted by Gasteiger charge is 2.20. The highest BCUT2D eigenvalue weighted by molar-refractivity contribution is 5.97. The molecule has 2 aromatic carbocycles. The van der Waals surface area contributed by atoms with Crippen LogP contribution in [0.15, 0.2) is 54.9 Å². The molecule has 0 saturated heterocycles. The van der Waals surface area contributed by atoms with E-state index in [1.54, 1.807) is 0 Å². The average Bonchev–Trinajstić information content (AvgIpc) is 3.18. The number of nitrogens with zero attached hydrogens (tertiary/aromatic N) is 3. The lowest BCUT2D eigenvalue weighted by Gasteiger charge is -2.05. The van der Waals surface area contributed by atoms with E-state index in [9.17, 15) is 14.9 Å². The van der Waals surface area contributed by atoms with Crippen LogP contribution in [0.4, 0.5) is 5.69 Å². The SMILES string of the molecule is O=C(Cn1cc([N+](=O)[O-])cn1)c1ccc2c(c1)-c1ccccc1C2. The van der Waals surface area contributed by atoms with Gasteiger partial charge in [-0.3, -0.25) is 19.6 Å². The van der Waals surface area contributed by atoms with Gasteiger partial charge in [0, 0.05) is 5.56 Å². The molecule has 1 aromatic heterocycles. The number of benzene rings is 2. The Hall–Kier alpha value is -3.28. The molecule has 0 saturated carbocycles. The maximum Gasteiger partial charge on any atom is 0.307 e. The van der Waals surface area contributed by atoms with E-state index in [1.807, 2.05) is 30.3 Å². The molecule has 0 unspecified atom stereocenters. The van der Waals surface area contributed by atoms with E-state index in [4.69, 9.17) is 0 Å². The van der Waals surface area contributed by atoms with E-state index in [2.05, 4.69) is 17.2 Å². The van der Waals surface area contributed by atoms with Crippen LogP contribution in [0.3, 0.4) is 0 Å². The summed E-state index contributed by atoms with van der Waals surface area (Å²) >= 11 is 0. The van der Waals surface area contributed by atoms with Gasteiger partial charge in [0.15, 0.2) is 5.78 Å². The van der Waals surface area contributed by atoms with E-state index in [-0.39, 0.29) is 18.0 Å². The van der Waals surface area contributed by atoms with Gasteiger partial charge in [0.25, 0.3) is 0 Å². The molecule has 0 N–H and O–H groups in total. The van der Waals surface area contributed by atoms with E-state index in [1.165, 1.54) is 22.0 Å². The maximum absolute atomic E-state index is 12.5. The largest absolute Gasteiger partial charge is 0.307 e. The summed E-state index contributed by atoms with van der Waals surface area (Å²) in [6.07, 6.45) is 3.29. The van der Waals surface area contributed by atoms with Crippen LogP contribution in [0.2, 0.25) is 0 Å². The number of carbonyl (C=O) groups excluding carboxylic acids is 1. The second-order valence-electron chi connectivity index (χ2n) is 5.78. The number of hydrogen-bond donors (Lipinski definition) is 0. The summed E-state index contributed by atoms with van der Waals surface area (Å²) in [5.41, 5.74) is 5.19. The lowest BCUT2D eigenvalue weighted by Crippen LogP contribution is -2.11. The van der Waals surface area contributed by atoms with Gasteiger partial charge < -0.3 is 0 Å². The Morgan fingerprint density at radius 2 is 1.96 bits per heavy atom. The molecule has 6 nitrogen and oxygen atoms in total. The molecular formula is C18H13N3O3. The zero-order valence-electron chi connectivity index (χ0n) is 12.7. The molecule has 118 valence electrons. The van der Waals surface area contributed by atoms with Gasteiger partial charge in [-0.15, -0.1) is 0 Å². The Balaban J connectivity index is 1.61. The van der Waals surface area contributed by atoms with E-state index >= 15 is 0 Å². The number of rotatable bonds is 4. The number of nitro groups is 1. The summed E-state index contributed by atoms with van der Waals surface area (Å²) in [4.78, 5) is 22.6. The molecule has 0 amide bonds. The van der Waals surface area contributed by atoms with Crippen molar-refractivity contribution in [2.24, 2.45) is 0 Å². The van der Waals surface area contributed by atoms with Crippen molar-refractivity contribution in [1.29, 1.82) is 0 Å². The molecule has 4 rings (SSSR count). The highest BCUT2D eigenvalue weighted by atomic mass is 16.6. The van der Waals surface area contributed by atoms with Crippen molar-refractivity contribution in [1.82, 2.24) is 9.78 Å². The van der Waals surface area contributed by atoms with Crippen molar-refractivity contribution in [3.05, 3.63) is 81.7 Å². The van der Waals surface area contributed by atoms with Gasteiger partial charge in [-0.05, 0) is 34.7 Å². The van der Waals surface area contributed by atoms with Gasteiger partial charge in [0.2, 0.25) is 0 Å². The molecule has 1 aliphatic rings. The standard InChI is InChI=1S/C18H13N3O3/c22-18(11-20-10-15(9-19-20)21(23)24)14-6-5-13-7-12-3-1-2-4-16(12)17(13)8-14/h1-6,8-10H,7,11H2. The first kappa shape index (κ1) is 14.3. The minimum Gasteiger partial charge on any atom is -0.292 e. The Morgan fingerprint density at radius 3 is 2.75 bits per heavy atom. The number of carbonyl (C=O) groups is 1. The molecule has 0 atom stereocenters. The quantitative estimate of drug-likeness (QED) is 0.328. The lowest BCUT2D eigenvalue weighted by molar-refractivity contribution is -0.385. The molecular weight excluding hydrogens is 306 g/mol. The number of hydrogen-bond acceptors (Lipinski definition) is 4. The molecule has 0 bridgehead atoms. The molecule has 0 radical (unpaired) electrons. The Kier molecular flexibility index (Phi) is 3.23. The predicted octanol–water partition coefficient (Wildman–Crippen LogP) is 3.25. The van der Waals surface area contributed by atoms with Crippen molar-refractivity contribution in [3.63, 3.8) is 0 Å². The minimum absolute atomic E-state index is 0.0196. The zero-order valence-corrected chi connectivity index (χ0v) is 12.7. The van der Waals surface area contributed by atoms with Crippen LogP contribution in [0.5, 0.6) is 0 Å². The Labute approximate surface area is 137 Å². The van der Waals surface area contributed by atoms with Crippen molar-refractivity contribution in [2.75, 3.05) is 0 Å². The molecule has 0 spiro atoms. The normalized spacial score (nSPS) is 11.8. The third kappa shape index (κ3) is 2.38. The van der Waals surface area contributed by atoms with Crippen molar-refractivity contribution in [2.45, 2.75) is 13.0 Å². The van der Waals surface area contributed by atoms with Crippen LogP contribution < -0.4 is 0 Å². The summed E-state index contributed by atoms with van der Waals surface area (Å²) in [7, 11) is 0. The first-order valence-electron chi connectivity index (χ1n) is 7.53. The molecule has 0 aliphatic heterocycles. The number of aromatic nitrogens is 2. The predicted molar refractivity (Wildman–Crippen MR) is 87.9 cm³/mol. The average molecular weight is 319 g/mol. The van der Waals surface area contributed by atoms with Crippen LogP contribution in [-0.4, -0.2) is 20.5 Å². The number of ketones is 1. The fraction of sp³-hybridized carbons (Fsp3) is 0.111. The summed E-state index contributed by atoms with van der Waals surface area (Å²) in [6, 6.07) is 13.9. The van der Waals surface area contributed by atoms with Gasteiger partial charge in [-0.1, -0.05) is 36.4 Å². The van der Waals surface area contributed by atoms with Crippen LogP contribution >= 0.6 is 0 Å². The molecule has 6 heteroatoms. The zero-order chi connectivity index (χ0) is 16.7. The van der Waals surface area contributed by atoms with Gasteiger partial charge in [0.1, 0.15) is 18.9 Å². The van der Waals surface area contributed by atoms with Gasteiger partial charge in [-0.2, -0.15) is 5.10 Å². The van der Waals surface area contributed by atoms with Gasteiger partial charge >= 0.3 is 5.69 Å². The monoisotopic (exact) mass is 319 g/mol. The first-order chi connectivity index (χ1) is 11.6. The molecule has 0 fully saturated rings. The third-order valence-electron chi connectivity index (χ3n) is 4.26. The molecule has 3 aromatic rings. The molecule has 24 heavy (non-hydrogen) atoms. The second-order valence-corrected chi connectivity index (χ2v) is 5.78. The van der Waals surface area contributed by atoms with Crippen molar-refractivity contribution < 1.29 is 9.72 Å².